The highest BCUT2D eigenvalue weighted by Gasteiger charge is 2.08. The smallest absolute Gasteiger partial charge is 0.242 e. The molecule has 0 spiro atoms. The zero-order chi connectivity index (χ0) is 13.5. The molecule has 0 saturated heterocycles. The Morgan fingerprint density at radius 3 is 3.05 bits per heavy atom. The first kappa shape index (κ1) is 13.1. The molecule has 102 valence electrons. The van der Waals surface area contributed by atoms with E-state index in [1.807, 2.05) is 23.9 Å². The molecule has 0 aliphatic rings. The van der Waals surface area contributed by atoms with Crippen molar-refractivity contribution in [2.45, 2.75) is 19.9 Å². The lowest BCUT2D eigenvalue weighted by Gasteiger charge is -2.11. The van der Waals surface area contributed by atoms with Gasteiger partial charge in [0.05, 0.1) is 13.2 Å². The third-order valence-electron chi connectivity index (χ3n) is 2.48. The fourth-order valence-corrected chi connectivity index (χ4v) is 1.56. The maximum atomic E-state index is 5.95. The van der Waals surface area contributed by atoms with Crippen LogP contribution < -0.4 is 15.8 Å². The van der Waals surface area contributed by atoms with Crippen LogP contribution in [0.3, 0.4) is 0 Å². The molecule has 0 aliphatic heterocycles. The molecule has 2 aromatic rings. The zero-order valence-electron chi connectivity index (χ0n) is 10.9. The van der Waals surface area contributed by atoms with Gasteiger partial charge in [-0.05, 0) is 12.5 Å². The molecule has 7 nitrogen and oxygen atoms in total. The average Bonchev–Trinajstić information content (AvgIpc) is 2.92. The number of nitrogens with two attached hydrogens (primary N) is 1. The molecule has 2 rings (SSSR count). The Morgan fingerprint density at radius 2 is 2.32 bits per heavy atom. The van der Waals surface area contributed by atoms with Gasteiger partial charge in [-0.3, -0.25) is 4.68 Å². The van der Waals surface area contributed by atoms with Crippen molar-refractivity contribution in [2.75, 3.05) is 24.2 Å². The van der Waals surface area contributed by atoms with Crippen LogP contribution in [-0.2, 0) is 6.54 Å². The van der Waals surface area contributed by atoms with Crippen molar-refractivity contribution in [2.24, 2.45) is 0 Å². The number of rotatable bonds is 7. The fourth-order valence-electron chi connectivity index (χ4n) is 1.56. The van der Waals surface area contributed by atoms with E-state index >= 15 is 0 Å². The summed E-state index contributed by atoms with van der Waals surface area (Å²) < 4.78 is 7.28. The van der Waals surface area contributed by atoms with E-state index in [1.54, 1.807) is 6.20 Å². The summed E-state index contributed by atoms with van der Waals surface area (Å²) in [5, 5.41) is 7.27. The van der Waals surface area contributed by atoms with E-state index in [9.17, 15) is 0 Å². The van der Waals surface area contributed by atoms with E-state index in [0.717, 1.165) is 13.0 Å². The van der Waals surface area contributed by atoms with Crippen LogP contribution in [0.5, 0.6) is 5.88 Å². The molecule has 19 heavy (non-hydrogen) atoms. The Bertz CT molecular complexity index is 499. The Balaban J connectivity index is 1.92. The van der Waals surface area contributed by atoms with Gasteiger partial charge in [-0.1, -0.05) is 6.92 Å². The SMILES string of the molecule is CCCOc1ncnc(NCCn2cccn2)c1N. The van der Waals surface area contributed by atoms with Gasteiger partial charge in [-0.2, -0.15) is 10.1 Å². The first-order valence-corrected chi connectivity index (χ1v) is 6.26. The summed E-state index contributed by atoms with van der Waals surface area (Å²) in [5.41, 5.74) is 6.39. The van der Waals surface area contributed by atoms with Crippen molar-refractivity contribution in [1.29, 1.82) is 0 Å². The first-order chi connectivity index (χ1) is 9.31. The van der Waals surface area contributed by atoms with E-state index in [4.69, 9.17) is 10.5 Å². The Morgan fingerprint density at radius 1 is 1.42 bits per heavy atom. The molecule has 2 heterocycles. The Hall–Kier alpha value is -2.31. The number of hydrogen-bond donors (Lipinski definition) is 2. The Kier molecular flexibility index (Phi) is 4.54. The van der Waals surface area contributed by atoms with Crippen LogP contribution in [0.2, 0.25) is 0 Å². The molecule has 0 bridgehead atoms. The third-order valence-corrected chi connectivity index (χ3v) is 2.48. The highest BCUT2D eigenvalue weighted by atomic mass is 16.5. The summed E-state index contributed by atoms with van der Waals surface area (Å²) in [5.74, 6) is 1.02. The van der Waals surface area contributed by atoms with Gasteiger partial charge in [0.1, 0.15) is 12.0 Å². The molecule has 0 fully saturated rings. The van der Waals surface area contributed by atoms with Gasteiger partial charge in [0.15, 0.2) is 5.82 Å². The predicted octanol–water partition coefficient (Wildman–Crippen LogP) is 1.16. The summed E-state index contributed by atoms with van der Waals surface area (Å²) in [6.07, 6.45) is 6.00. The highest BCUT2D eigenvalue weighted by Crippen LogP contribution is 2.24. The van der Waals surface area contributed by atoms with Gasteiger partial charge >= 0.3 is 0 Å². The third kappa shape index (κ3) is 3.57. The molecule has 3 N–H and O–H groups in total. The minimum atomic E-state index is 0.429. The lowest BCUT2D eigenvalue weighted by molar-refractivity contribution is 0.306. The number of ether oxygens (including phenoxy) is 1. The highest BCUT2D eigenvalue weighted by molar-refractivity contribution is 5.66. The standard InChI is InChI=1S/C12H18N6O/c1-2-8-19-12-10(13)11(15-9-16-12)14-5-7-18-6-3-4-17-18/h3-4,6,9H,2,5,7-8,13H2,1H3,(H,14,15,16). The first-order valence-electron chi connectivity index (χ1n) is 6.26. The van der Waals surface area contributed by atoms with Crippen molar-refractivity contribution in [3.05, 3.63) is 24.8 Å². The normalized spacial score (nSPS) is 10.4. The minimum absolute atomic E-state index is 0.429. The molecule has 0 atom stereocenters. The Labute approximate surface area is 111 Å². The molecule has 0 aromatic carbocycles. The van der Waals surface area contributed by atoms with Crippen molar-refractivity contribution < 1.29 is 4.74 Å². The number of nitrogens with one attached hydrogen (secondary N) is 1. The van der Waals surface area contributed by atoms with Crippen LogP contribution in [0.25, 0.3) is 0 Å². The molecule has 0 saturated carbocycles. The lowest BCUT2D eigenvalue weighted by atomic mass is 10.4. The van der Waals surface area contributed by atoms with E-state index in [1.165, 1.54) is 6.33 Å². The summed E-state index contributed by atoms with van der Waals surface area (Å²) in [4.78, 5) is 8.13. The quantitative estimate of drug-likeness (QED) is 0.778. The maximum absolute atomic E-state index is 5.95. The zero-order valence-corrected chi connectivity index (χ0v) is 10.9. The summed E-state index contributed by atoms with van der Waals surface area (Å²) >= 11 is 0. The molecule has 0 amide bonds. The minimum Gasteiger partial charge on any atom is -0.476 e. The number of hydrogen-bond acceptors (Lipinski definition) is 6. The number of anilines is 2. The van der Waals surface area contributed by atoms with Crippen LogP contribution in [0.1, 0.15) is 13.3 Å². The number of aromatic nitrogens is 4. The van der Waals surface area contributed by atoms with Crippen LogP contribution in [0.4, 0.5) is 11.5 Å². The van der Waals surface area contributed by atoms with Crippen molar-refractivity contribution in [3.8, 4) is 5.88 Å². The van der Waals surface area contributed by atoms with E-state index < -0.39 is 0 Å². The van der Waals surface area contributed by atoms with Crippen LogP contribution in [-0.4, -0.2) is 32.9 Å². The van der Waals surface area contributed by atoms with Gasteiger partial charge in [0.25, 0.3) is 0 Å². The van der Waals surface area contributed by atoms with E-state index in [0.29, 0.717) is 30.5 Å². The topological polar surface area (TPSA) is 90.9 Å². The van der Waals surface area contributed by atoms with Gasteiger partial charge in [-0.15, -0.1) is 0 Å². The molecule has 2 aromatic heterocycles. The van der Waals surface area contributed by atoms with Crippen LogP contribution in [0.15, 0.2) is 24.8 Å². The van der Waals surface area contributed by atoms with Gasteiger partial charge in [-0.25, -0.2) is 4.98 Å². The van der Waals surface area contributed by atoms with Crippen molar-refractivity contribution in [3.63, 3.8) is 0 Å². The van der Waals surface area contributed by atoms with Gasteiger partial charge in [0, 0.05) is 18.9 Å². The van der Waals surface area contributed by atoms with Gasteiger partial charge in [0.2, 0.25) is 5.88 Å². The van der Waals surface area contributed by atoms with Crippen LogP contribution in [0, 0.1) is 0 Å². The molecular formula is C12H18N6O. The average molecular weight is 262 g/mol. The maximum Gasteiger partial charge on any atom is 0.242 e. The number of nitrogen functional groups attached to an aromatic ring is 1. The monoisotopic (exact) mass is 262 g/mol. The molecule has 0 unspecified atom stereocenters. The summed E-state index contributed by atoms with van der Waals surface area (Å²) in [7, 11) is 0. The lowest BCUT2D eigenvalue weighted by Crippen LogP contribution is -2.14. The van der Waals surface area contributed by atoms with Gasteiger partial charge < -0.3 is 15.8 Å². The second-order valence-corrected chi connectivity index (χ2v) is 3.99. The van der Waals surface area contributed by atoms with E-state index in [2.05, 4.69) is 20.4 Å². The molecule has 0 radical (unpaired) electrons. The van der Waals surface area contributed by atoms with Crippen molar-refractivity contribution >= 4 is 11.5 Å². The van der Waals surface area contributed by atoms with Crippen LogP contribution >= 0.6 is 0 Å². The molecule has 0 aliphatic carbocycles. The van der Waals surface area contributed by atoms with Crippen molar-refractivity contribution in [1.82, 2.24) is 19.7 Å². The predicted molar refractivity (Wildman–Crippen MR) is 72.9 cm³/mol. The molecular weight excluding hydrogens is 244 g/mol. The molecule has 7 heteroatoms. The summed E-state index contributed by atoms with van der Waals surface area (Å²) in [6.45, 7) is 4.03. The second-order valence-electron chi connectivity index (χ2n) is 3.99. The summed E-state index contributed by atoms with van der Waals surface area (Å²) in [6, 6.07) is 1.88. The second kappa shape index (κ2) is 6.58. The fraction of sp³-hybridized carbons (Fsp3) is 0.417. The number of nitrogens with zero attached hydrogens (tertiary/aromatic N) is 4. The largest absolute Gasteiger partial charge is 0.476 e. The van der Waals surface area contributed by atoms with E-state index in [-0.39, 0.29) is 0 Å².